The number of hydrogen-bond acceptors (Lipinski definition) is 3. The lowest BCUT2D eigenvalue weighted by Gasteiger charge is -2.07. The molecule has 74 valence electrons. The summed E-state index contributed by atoms with van der Waals surface area (Å²) in [4.78, 5) is 4.47. The molecule has 1 aromatic heterocycles. The second kappa shape index (κ2) is 4.15. The van der Waals surface area contributed by atoms with Gasteiger partial charge in [-0.2, -0.15) is 0 Å². The van der Waals surface area contributed by atoms with Gasteiger partial charge in [0.2, 0.25) is 0 Å². The summed E-state index contributed by atoms with van der Waals surface area (Å²) in [5.74, 6) is 0. The second-order valence-corrected chi connectivity index (χ2v) is 4.69. The van der Waals surface area contributed by atoms with Crippen molar-refractivity contribution in [3.8, 4) is 0 Å². The van der Waals surface area contributed by atoms with Crippen LogP contribution in [0.15, 0.2) is 5.16 Å². The van der Waals surface area contributed by atoms with Crippen molar-refractivity contribution >= 4 is 11.8 Å². The lowest BCUT2D eigenvalue weighted by atomic mass is 10.4. The quantitative estimate of drug-likeness (QED) is 0.750. The fraction of sp³-hybridized carbons (Fsp3) is 0.667. The van der Waals surface area contributed by atoms with E-state index in [9.17, 15) is 0 Å². The smallest absolute Gasteiger partial charge is 0.168 e. The van der Waals surface area contributed by atoms with E-state index < -0.39 is 0 Å². The van der Waals surface area contributed by atoms with Gasteiger partial charge in [0.05, 0.1) is 5.69 Å². The van der Waals surface area contributed by atoms with Crippen LogP contribution in [0.2, 0.25) is 0 Å². The van der Waals surface area contributed by atoms with E-state index in [1.807, 2.05) is 14.0 Å². The first kappa shape index (κ1) is 10.6. The molecular formula is C9H17N3S. The zero-order valence-electron chi connectivity index (χ0n) is 8.66. The Morgan fingerprint density at radius 3 is 2.54 bits per heavy atom. The van der Waals surface area contributed by atoms with Gasteiger partial charge in [-0.15, -0.1) is 0 Å². The molecule has 0 saturated carbocycles. The number of aromatic nitrogens is 2. The molecule has 0 spiro atoms. The first-order valence-corrected chi connectivity index (χ1v) is 5.30. The molecule has 2 N–H and O–H groups in total. The number of nitrogens with two attached hydrogens (primary N) is 1. The molecule has 0 aliphatic carbocycles. The van der Waals surface area contributed by atoms with Crippen molar-refractivity contribution in [3.63, 3.8) is 0 Å². The SMILES string of the molecule is Cc1nc(SC(C)CN)n(C)c1C. The molecule has 1 atom stereocenters. The van der Waals surface area contributed by atoms with Gasteiger partial charge in [0.15, 0.2) is 5.16 Å². The first-order valence-electron chi connectivity index (χ1n) is 4.43. The highest BCUT2D eigenvalue weighted by Crippen LogP contribution is 2.23. The van der Waals surface area contributed by atoms with Crippen LogP contribution in [-0.4, -0.2) is 21.3 Å². The lowest BCUT2D eigenvalue weighted by Crippen LogP contribution is -2.13. The highest BCUT2D eigenvalue weighted by Gasteiger charge is 2.10. The Bertz CT molecular complexity index is 293. The molecule has 0 fully saturated rings. The van der Waals surface area contributed by atoms with E-state index in [1.165, 1.54) is 5.69 Å². The first-order chi connectivity index (χ1) is 6.06. The molecule has 0 amide bonds. The third kappa shape index (κ3) is 2.25. The van der Waals surface area contributed by atoms with Crippen LogP contribution in [0.5, 0.6) is 0 Å². The Hall–Kier alpha value is -0.480. The van der Waals surface area contributed by atoms with Crippen molar-refractivity contribution < 1.29 is 0 Å². The monoisotopic (exact) mass is 199 g/mol. The van der Waals surface area contributed by atoms with Crippen LogP contribution in [0.3, 0.4) is 0 Å². The summed E-state index contributed by atoms with van der Waals surface area (Å²) >= 11 is 1.73. The van der Waals surface area contributed by atoms with Crippen molar-refractivity contribution in [2.45, 2.75) is 31.2 Å². The van der Waals surface area contributed by atoms with E-state index in [0.717, 1.165) is 10.9 Å². The fourth-order valence-electron chi connectivity index (χ4n) is 1.02. The van der Waals surface area contributed by atoms with Crippen molar-refractivity contribution in [1.82, 2.24) is 9.55 Å². The Morgan fingerprint density at radius 2 is 2.15 bits per heavy atom. The molecule has 1 unspecified atom stereocenters. The summed E-state index contributed by atoms with van der Waals surface area (Å²) in [6.07, 6.45) is 0. The van der Waals surface area contributed by atoms with Gasteiger partial charge < -0.3 is 10.3 Å². The van der Waals surface area contributed by atoms with Crippen molar-refractivity contribution in [2.24, 2.45) is 12.8 Å². The second-order valence-electron chi connectivity index (χ2n) is 3.29. The Kier molecular flexibility index (Phi) is 3.39. The van der Waals surface area contributed by atoms with Gasteiger partial charge in [0.25, 0.3) is 0 Å². The molecule has 1 rings (SSSR count). The van der Waals surface area contributed by atoms with E-state index in [0.29, 0.717) is 11.8 Å². The van der Waals surface area contributed by atoms with Crippen LogP contribution < -0.4 is 5.73 Å². The maximum atomic E-state index is 5.56. The number of rotatable bonds is 3. The molecular weight excluding hydrogens is 182 g/mol. The van der Waals surface area contributed by atoms with Gasteiger partial charge in [0.1, 0.15) is 0 Å². The molecule has 0 aromatic carbocycles. The van der Waals surface area contributed by atoms with E-state index in [-0.39, 0.29) is 0 Å². The molecule has 4 heteroatoms. The van der Waals surface area contributed by atoms with Gasteiger partial charge in [-0.25, -0.2) is 4.98 Å². The average Bonchev–Trinajstić information content (AvgIpc) is 2.34. The largest absolute Gasteiger partial charge is 0.329 e. The summed E-state index contributed by atoms with van der Waals surface area (Å²) in [6, 6.07) is 0. The summed E-state index contributed by atoms with van der Waals surface area (Å²) in [5.41, 5.74) is 7.89. The van der Waals surface area contributed by atoms with Gasteiger partial charge in [-0.3, -0.25) is 0 Å². The highest BCUT2D eigenvalue weighted by molar-refractivity contribution is 7.99. The van der Waals surface area contributed by atoms with E-state index >= 15 is 0 Å². The molecule has 1 aromatic rings. The van der Waals surface area contributed by atoms with Crippen molar-refractivity contribution in [2.75, 3.05) is 6.54 Å². The van der Waals surface area contributed by atoms with Crippen LogP contribution in [0.1, 0.15) is 18.3 Å². The lowest BCUT2D eigenvalue weighted by molar-refractivity contribution is 0.761. The number of thioether (sulfide) groups is 1. The summed E-state index contributed by atoms with van der Waals surface area (Å²) < 4.78 is 2.12. The van der Waals surface area contributed by atoms with Crippen LogP contribution in [0, 0.1) is 13.8 Å². The molecule has 0 aliphatic heterocycles. The third-order valence-corrected chi connectivity index (χ3v) is 3.39. The zero-order chi connectivity index (χ0) is 10.0. The number of hydrogen-bond donors (Lipinski definition) is 1. The third-order valence-electron chi connectivity index (χ3n) is 2.22. The topological polar surface area (TPSA) is 43.8 Å². The van der Waals surface area contributed by atoms with Crippen molar-refractivity contribution in [3.05, 3.63) is 11.4 Å². The number of nitrogens with zero attached hydrogens (tertiary/aromatic N) is 2. The molecule has 0 radical (unpaired) electrons. The summed E-state index contributed by atoms with van der Waals surface area (Å²) in [7, 11) is 2.04. The predicted octanol–water partition coefficient (Wildman–Crippen LogP) is 1.48. The number of imidazole rings is 1. The fourth-order valence-corrected chi connectivity index (χ4v) is 1.96. The standard InChI is InChI=1S/C9H17N3S/c1-6(5-10)13-9-11-7(2)8(3)12(9)4/h6H,5,10H2,1-4H3. The van der Waals surface area contributed by atoms with Crippen molar-refractivity contribution in [1.29, 1.82) is 0 Å². The Balaban J connectivity index is 2.83. The van der Waals surface area contributed by atoms with Gasteiger partial charge in [0, 0.05) is 24.5 Å². The Morgan fingerprint density at radius 1 is 1.54 bits per heavy atom. The highest BCUT2D eigenvalue weighted by atomic mass is 32.2. The molecule has 0 saturated heterocycles. The number of aryl methyl sites for hydroxylation is 1. The molecule has 0 bridgehead atoms. The minimum absolute atomic E-state index is 0.430. The molecule has 13 heavy (non-hydrogen) atoms. The van der Waals surface area contributed by atoms with E-state index in [4.69, 9.17) is 5.73 Å². The minimum Gasteiger partial charge on any atom is -0.329 e. The molecule has 0 aliphatic rings. The van der Waals surface area contributed by atoms with Gasteiger partial charge in [-0.05, 0) is 13.8 Å². The maximum absolute atomic E-state index is 5.56. The van der Waals surface area contributed by atoms with Crippen LogP contribution >= 0.6 is 11.8 Å². The van der Waals surface area contributed by atoms with Crippen LogP contribution in [0.25, 0.3) is 0 Å². The summed E-state index contributed by atoms with van der Waals surface area (Å²) in [5, 5.41) is 1.49. The molecule has 3 nitrogen and oxygen atoms in total. The Labute approximate surface area is 83.7 Å². The normalized spacial score (nSPS) is 13.3. The van der Waals surface area contributed by atoms with Crippen LogP contribution in [-0.2, 0) is 7.05 Å². The van der Waals surface area contributed by atoms with E-state index in [1.54, 1.807) is 11.8 Å². The van der Waals surface area contributed by atoms with E-state index in [2.05, 4.69) is 23.4 Å². The average molecular weight is 199 g/mol. The van der Waals surface area contributed by atoms with Crippen LogP contribution in [0.4, 0.5) is 0 Å². The maximum Gasteiger partial charge on any atom is 0.168 e. The minimum atomic E-state index is 0.430. The molecule has 1 heterocycles. The van der Waals surface area contributed by atoms with Gasteiger partial charge >= 0.3 is 0 Å². The van der Waals surface area contributed by atoms with Gasteiger partial charge in [-0.1, -0.05) is 18.7 Å². The summed E-state index contributed by atoms with van der Waals surface area (Å²) in [6.45, 7) is 6.92. The zero-order valence-corrected chi connectivity index (χ0v) is 9.48. The predicted molar refractivity (Wildman–Crippen MR) is 57.1 cm³/mol.